The number of hydrogen-bond acceptors (Lipinski definition) is 5. The van der Waals surface area contributed by atoms with Gasteiger partial charge in [0.1, 0.15) is 17.2 Å². The molecule has 7 heteroatoms. The van der Waals surface area contributed by atoms with E-state index in [9.17, 15) is 14.9 Å². The highest BCUT2D eigenvalue weighted by Crippen LogP contribution is 2.29. The van der Waals surface area contributed by atoms with E-state index in [1.165, 1.54) is 25.3 Å². The van der Waals surface area contributed by atoms with Crippen LogP contribution in [0.2, 0.25) is 0 Å². The largest absolute Gasteiger partial charge is 0.496 e. The van der Waals surface area contributed by atoms with Gasteiger partial charge in [-0.05, 0) is 23.6 Å². The summed E-state index contributed by atoms with van der Waals surface area (Å²) in [6, 6.07) is 17.4. The smallest absolute Gasteiger partial charge is 0.296 e. The van der Waals surface area contributed by atoms with Crippen molar-refractivity contribution in [1.82, 2.24) is 0 Å². The molecule has 1 amide bonds. The van der Waals surface area contributed by atoms with Crippen molar-refractivity contribution in [2.24, 2.45) is 0 Å². The summed E-state index contributed by atoms with van der Waals surface area (Å²) < 4.78 is 10.6. The van der Waals surface area contributed by atoms with E-state index in [1.807, 2.05) is 36.4 Å². The van der Waals surface area contributed by atoms with Gasteiger partial charge in [0.2, 0.25) is 0 Å². The summed E-state index contributed by atoms with van der Waals surface area (Å²) in [5, 5.41) is 15.5. The number of nitro benzene ring substituents is 1. The number of hydrogen-bond donors (Lipinski definition) is 1. The van der Waals surface area contributed by atoms with E-state index in [1.54, 1.807) is 6.07 Å². The fraction of sp³-hybridized carbons (Fsp3) is 0.105. The van der Waals surface area contributed by atoms with Crippen molar-refractivity contribution in [1.29, 1.82) is 0 Å². The molecule has 3 aromatic rings. The maximum Gasteiger partial charge on any atom is 0.296 e. The first kappa shape index (κ1) is 17.2. The van der Waals surface area contributed by atoms with Crippen LogP contribution in [-0.4, -0.2) is 24.5 Å². The van der Waals surface area contributed by atoms with Gasteiger partial charge in [-0.2, -0.15) is 0 Å². The highest BCUT2D eigenvalue weighted by molar-refractivity contribution is 5.95. The average Bonchev–Trinajstić information content (AvgIpc) is 2.66. The van der Waals surface area contributed by atoms with Crippen LogP contribution in [0.4, 0.5) is 11.4 Å². The van der Waals surface area contributed by atoms with Crippen molar-refractivity contribution >= 4 is 28.1 Å². The van der Waals surface area contributed by atoms with Crippen molar-refractivity contribution in [3.05, 3.63) is 70.8 Å². The lowest BCUT2D eigenvalue weighted by Crippen LogP contribution is -2.20. The predicted octanol–water partition coefficient (Wildman–Crippen LogP) is 3.77. The van der Waals surface area contributed by atoms with E-state index in [2.05, 4.69) is 5.32 Å². The zero-order valence-corrected chi connectivity index (χ0v) is 14.0. The molecule has 0 heterocycles. The molecule has 7 nitrogen and oxygen atoms in total. The van der Waals surface area contributed by atoms with Gasteiger partial charge in [0, 0.05) is 5.39 Å². The fourth-order valence-corrected chi connectivity index (χ4v) is 2.55. The van der Waals surface area contributed by atoms with E-state index in [4.69, 9.17) is 9.47 Å². The number of carbonyl (C=O) groups excluding carboxylic acids is 1. The standard InChI is InChI=1S/C19H16N2O5/c1-25-14-9-10-16(17(11-14)21(23)24)20-19(22)12-26-18-8-4-6-13-5-2-3-7-15(13)18/h2-11H,12H2,1H3,(H,20,22). The number of ether oxygens (including phenoxy) is 2. The zero-order valence-electron chi connectivity index (χ0n) is 14.0. The molecular weight excluding hydrogens is 336 g/mol. The highest BCUT2D eigenvalue weighted by Gasteiger charge is 2.17. The fourth-order valence-electron chi connectivity index (χ4n) is 2.55. The van der Waals surface area contributed by atoms with Gasteiger partial charge in [0.25, 0.3) is 11.6 Å². The van der Waals surface area contributed by atoms with Crippen LogP contribution >= 0.6 is 0 Å². The van der Waals surface area contributed by atoms with Crippen LogP contribution in [0.5, 0.6) is 11.5 Å². The molecule has 0 spiro atoms. The number of amides is 1. The lowest BCUT2D eigenvalue weighted by Gasteiger charge is -2.10. The molecule has 0 unspecified atom stereocenters. The molecule has 0 atom stereocenters. The van der Waals surface area contributed by atoms with Crippen LogP contribution in [-0.2, 0) is 4.79 Å². The third-order valence-corrected chi connectivity index (χ3v) is 3.78. The van der Waals surface area contributed by atoms with Gasteiger partial charge >= 0.3 is 0 Å². The Hall–Kier alpha value is -3.61. The van der Waals surface area contributed by atoms with Crippen LogP contribution in [0.3, 0.4) is 0 Å². The summed E-state index contributed by atoms with van der Waals surface area (Å²) in [5.41, 5.74) is -0.162. The molecule has 0 aliphatic rings. The number of carbonyl (C=O) groups is 1. The molecule has 0 radical (unpaired) electrons. The Kier molecular flexibility index (Phi) is 4.98. The summed E-state index contributed by atoms with van der Waals surface area (Å²) in [5.74, 6) is 0.412. The monoisotopic (exact) mass is 352 g/mol. The second-order valence-electron chi connectivity index (χ2n) is 5.45. The minimum Gasteiger partial charge on any atom is -0.496 e. The molecule has 0 saturated carbocycles. The van der Waals surface area contributed by atoms with Gasteiger partial charge in [-0.25, -0.2) is 0 Å². The molecule has 0 bridgehead atoms. The minimum absolute atomic E-state index is 0.0855. The van der Waals surface area contributed by atoms with Gasteiger partial charge in [-0.15, -0.1) is 0 Å². The second-order valence-corrected chi connectivity index (χ2v) is 5.45. The summed E-state index contributed by atoms with van der Waals surface area (Å²) in [6.07, 6.45) is 0. The van der Waals surface area contributed by atoms with Crippen LogP contribution in [0.25, 0.3) is 10.8 Å². The van der Waals surface area contributed by atoms with E-state index in [0.29, 0.717) is 11.5 Å². The van der Waals surface area contributed by atoms with Gasteiger partial charge in [-0.3, -0.25) is 14.9 Å². The maximum absolute atomic E-state index is 12.2. The first-order valence-corrected chi connectivity index (χ1v) is 7.81. The van der Waals surface area contributed by atoms with Crippen molar-refractivity contribution in [3.63, 3.8) is 0 Å². The van der Waals surface area contributed by atoms with E-state index >= 15 is 0 Å². The van der Waals surface area contributed by atoms with Gasteiger partial charge in [0.05, 0.1) is 18.1 Å². The Bertz CT molecular complexity index is 966. The van der Waals surface area contributed by atoms with Crippen molar-refractivity contribution in [2.45, 2.75) is 0 Å². The number of nitrogens with one attached hydrogen (secondary N) is 1. The SMILES string of the molecule is COc1ccc(NC(=O)COc2cccc3ccccc23)c([N+](=O)[O-])c1. The maximum atomic E-state index is 12.2. The predicted molar refractivity (Wildman–Crippen MR) is 97.7 cm³/mol. The second kappa shape index (κ2) is 7.52. The van der Waals surface area contributed by atoms with Crippen molar-refractivity contribution < 1.29 is 19.2 Å². The number of anilines is 1. The van der Waals surface area contributed by atoms with Crippen LogP contribution in [0.15, 0.2) is 60.7 Å². The lowest BCUT2D eigenvalue weighted by molar-refractivity contribution is -0.384. The Morgan fingerprint density at radius 2 is 1.88 bits per heavy atom. The Morgan fingerprint density at radius 3 is 2.65 bits per heavy atom. The Morgan fingerprint density at radius 1 is 1.12 bits per heavy atom. The van der Waals surface area contributed by atoms with Crippen molar-refractivity contribution in [3.8, 4) is 11.5 Å². The van der Waals surface area contributed by atoms with Gasteiger partial charge < -0.3 is 14.8 Å². The number of benzene rings is 3. The molecule has 3 aromatic carbocycles. The van der Waals surface area contributed by atoms with Crippen LogP contribution in [0, 0.1) is 10.1 Å². The number of methoxy groups -OCH3 is 1. The number of nitrogens with zero attached hydrogens (tertiary/aromatic N) is 1. The number of nitro groups is 1. The Labute approximate surface area is 149 Å². The van der Waals surface area contributed by atoms with Crippen LogP contribution in [0.1, 0.15) is 0 Å². The third-order valence-electron chi connectivity index (χ3n) is 3.78. The molecule has 26 heavy (non-hydrogen) atoms. The van der Waals surface area contributed by atoms with Crippen LogP contribution < -0.4 is 14.8 Å². The van der Waals surface area contributed by atoms with E-state index in [0.717, 1.165) is 10.8 Å². The highest BCUT2D eigenvalue weighted by atomic mass is 16.6. The molecule has 1 N–H and O–H groups in total. The van der Waals surface area contributed by atoms with E-state index in [-0.39, 0.29) is 18.0 Å². The normalized spacial score (nSPS) is 10.3. The first-order valence-electron chi connectivity index (χ1n) is 7.81. The van der Waals surface area contributed by atoms with E-state index < -0.39 is 10.8 Å². The number of rotatable bonds is 6. The Balaban J connectivity index is 1.72. The number of fused-ring (bicyclic) bond motifs is 1. The lowest BCUT2D eigenvalue weighted by atomic mass is 10.1. The van der Waals surface area contributed by atoms with Gasteiger partial charge in [-0.1, -0.05) is 36.4 Å². The molecule has 132 valence electrons. The third kappa shape index (κ3) is 3.72. The summed E-state index contributed by atoms with van der Waals surface area (Å²) in [6.45, 7) is -0.267. The molecule has 0 fully saturated rings. The molecule has 0 aromatic heterocycles. The quantitative estimate of drug-likeness (QED) is 0.538. The molecule has 3 rings (SSSR count). The molecular formula is C19H16N2O5. The minimum atomic E-state index is -0.580. The molecule has 0 aliphatic carbocycles. The first-order chi connectivity index (χ1) is 12.6. The molecule has 0 saturated heterocycles. The topological polar surface area (TPSA) is 90.7 Å². The zero-order chi connectivity index (χ0) is 18.5. The van der Waals surface area contributed by atoms with Gasteiger partial charge in [0.15, 0.2) is 6.61 Å². The summed E-state index contributed by atoms with van der Waals surface area (Å²) in [7, 11) is 1.41. The van der Waals surface area contributed by atoms with Crippen molar-refractivity contribution in [2.75, 3.05) is 19.0 Å². The summed E-state index contributed by atoms with van der Waals surface area (Å²) >= 11 is 0. The average molecular weight is 352 g/mol. The molecule has 0 aliphatic heterocycles. The summed E-state index contributed by atoms with van der Waals surface area (Å²) in [4.78, 5) is 22.7.